The first-order valence-electron chi connectivity index (χ1n) is 46.6. The van der Waals surface area contributed by atoms with Gasteiger partial charge in [-0.2, -0.15) is 8.78 Å². The van der Waals surface area contributed by atoms with Crippen molar-refractivity contribution in [3.63, 3.8) is 0 Å². The SMILES string of the molecule is C.CC1(C)OB(/C=C/c2cnc(F)nc2)OC1(C)C.CCc1cccc(N)n1.CCc1nc(CS(=O)(=O)c2cnccc2Cl)ccc1/C=C/c1cnc(NC2CCC(N(C)C)CC2)nc1.CCc1nc(N)ccc1/C=C/c1cnc(F)nc1.CCc1nc(N)ccc1/C=C/c1cnc(NC2CCC(N(C)C)CC2)nc1.CCc1nc(N)ccc1Br.CN(C)C1CCC(N)CC1.ClSc1cnccc1Cl.O.O.[B]=NS. The molecule has 3 aliphatic carbocycles. The van der Waals surface area contributed by atoms with Crippen molar-refractivity contribution in [1.29, 1.82) is 0 Å². The number of hydrogen-bond donors (Lipinski definition) is 8. The molecule has 32 nitrogen and oxygen atoms in total. The van der Waals surface area contributed by atoms with Crippen LogP contribution in [-0.4, -0.2) is 213 Å². The Bertz CT molecular complexity index is 5860. The summed E-state index contributed by atoms with van der Waals surface area (Å²) in [7, 11) is 19.7. The number of nitrogens with two attached hydrogens (primary N) is 5. The molecule has 3 saturated carbocycles. The summed E-state index contributed by atoms with van der Waals surface area (Å²) < 4.78 is 66.0. The first-order chi connectivity index (χ1) is 67.3. The fourth-order valence-electron chi connectivity index (χ4n) is 14.7. The zero-order valence-corrected chi connectivity index (χ0v) is 90.3. The molecule has 12 heterocycles. The molecule has 43 heteroatoms. The quantitative estimate of drug-likeness (QED) is 0.0158. The van der Waals surface area contributed by atoms with E-state index < -0.39 is 29.1 Å². The maximum absolute atomic E-state index is 12.8. The molecule has 0 atom stereocenters. The van der Waals surface area contributed by atoms with Gasteiger partial charge < -0.3 is 74.3 Å². The number of nitrogen functional groups attached to an aromatic ring is 4. The number of hydrogen-bond acceptors (Lipinski definition) is 32. The van der Waals surface area contributed by atoms with Crippen molar-refractivity contribution >= 4 is 176 Å². The van der Waals surface area contributed by atoms with Crippen LogP contribution in [0.4, 0.5) is 43.9 Å². The molecule has 0 unspecified atom stereocenters. The number of nitrogens with one attached hydrogen (secondary N) is 2. The van der Waals surface area contributed by atoms with E-state index in [0.717, 1.165) is 140 Å². The van der Waals surface area contributed by atoms with Crippen LogP contribution in [0.3, 0.4) is 0 Å². The number of halogens is 6. The zero-order chi connectivity index (χ0) is 103. The monoisotopic (exact) mass is 2150 g/mol. The maximum atomic E-state index is 12.8. The van der Waals surface area contributed by atoms with Crippen molar-refractivity contribution < 1.29 is 37.5 Å². The van der Waals surface area contributed by atoms with Gasteiger partial charge in [-0.25, -0.2) is 68.2 Å². The fraction of sp³-hybridized carbons (Fsp3) is 0.416. The molecule has 0 spiro atoms. The number of aromatic nitrogens is 15. The van der Waals surface area contributed by atoms with E-state index in [2.05, 4.69) is 197 Å². The van der Waals surface area contributed by atoms with Crippen LogP contribution in [0.5, 0.6) is 0 Å². The van der Waals surface area contributed by atoms with Crippen molar-refractivity contribution in [3.8, 4) is 0 Å². The number of thiol groups is 1. The second-order valence-electron chi connectivity index (χ2n) is 34.9. The molecule has 4 aliphatic rings. The van der Waals surface area contributed by atoms with Crippen LogP contribution >= 0.6 is 73.6 Å². The minimum absolute atomic E-state index is 0. The number of aryl methyl sites for hydroxylation is 5. The van der Waals surface area contributed by atoms with Crippen LogP contribution in [0, 0.1) is 12.2 Å². The summed E-state index contributed by atoms with van der Waals surface area (Å²) in [6, 6.07) is 27.2. The van der Waals surface area contributed by atoms with E-state index >= 15 is 0 Å². The number of anilines is 6. The Kier molecular flexibility index (Phi) is 57.0. The van der Waals surface area contributed by atoms with Gasteiger partial charge in [0, 0.05) is 160 Å². The Balaban J connectivity index is 0.000000359. The second-order valence-corrected chi connectivity index (χ2v) is 39.8. The Morgan fingerprint density at radius 3 is 1.22 bits per heavy atom. The molecule has 16 N–H and O–H groups in total. The van der Waals surface area contributed by atoms with Crippen molar-refractivity contribution in [2.75, 3.05) is 75.9 Å². The van der Waals surface area contributed by atoms with Gasteiger partial charge in [-0.05, 0) is 300 Å². The molecule has 0 amide bonds. The third-order valence-corrected chi connectivity index (χ3v) is 27.8. The molecule has 4 fully saturated rings. The van der Waals surface area contributed by atoms with Crippen LogP contribution < -0.4 is 39.3 Å². The Morgan fingerprint density at radius 2 is 0.854 bits per heavy atom. The third-order valence-electron chi connectivity index (χ3n) is 23.5. The van der Waals surface area contributed by atoms with Gasteiger partial charge in [0.2, 0.25) is 11.9 Å². The van der Waals surface area contributed by atoms with Crippen molar-refractivity contribution in [2.45, 2.75) is 242 Å². The number of rotatable bonds is 24. The average molecular weight is 2160 g/mol. The van der Waals surface area contributed by atoms with Crippen LogP contribution in [0.25, 0.3) is 42.5 Å². The topological polar surface area (TPSA) is 485 Å². The van der Waals surface area contributed by atoms with Gasteiger partial charge in [-0.3, -0.25) is 15.0 Å². The van der Waals surface area contributed by atoms with Gasteiger partial charge in [0.05, 0.1) is 43.3 Å². The van der Waals surface area contributed by atoms with Gasteiger partial charge in [-0.1, -0.05) is 126 Å². The summed E-state index contributed by atoms with van der Waals surface area (Å²) >= 11 is 18.3. The Hall–Kier alpha value is -10.4. The second kappa shape index (κ2) is 65.3. The Labute approximate surface area is 883 Å². The molecule has 1 aliphatic heterocycles. The zero-order valence-electron chi connectivity index (χ0n) is 83.9. The molecule has 15 rings (SSSR count). The number of pyridine rings is 7. The summed E-state index contributed by atoms with van der Waals surface area (Å²) in [6.07, 6.45) is 49.4. The summed E-state index contributed by atoms with van der Waals surface area (Å²) in [5.74, 6) is 5.15. The molecule has 0 bridgehead atoms. The van der Waals surface area contributed by atoms with Crippen molar-refractivity contribution in [2.24, 2.45) is 10.0 Å². The summed E-state index contributed by atoms with van der Waals surface area (Å²) in [6.45, 7) is 18.1. The van der Waals surface area contributed by atoms with Crippen LogP contribution in [0.15, 0.2) is 178 Å². The van der Waals surface area contributed by atoms with Gasteiger partial charge in [-0.15, -0.1) is 0 Å². The number of nitrogens with zero attached hydrogens (tertiary/aromatic N) is 19. The molecule has 1 radical (unpaired) electrons. The van der Waals surface area contributed by atoms with E-state index in [0.29, 0.717) is 88.1 Å². The van der Waals surface area contributed by atoms with E-state index in [-0.39, 0.29) is 45.3 Å². The van der Waals surface area contributed by atoms with Gasteiger partial charge in [0.25, 0.3) is 0 Å². The van der Waals surface area contributed by atoms with Gasteiger partial charge >= 0.3 is 44.0 Å². The molecular weight excluding hydrogens is 2020 g/mol. The molecule has 11 aromatic heterocycles. The van der Waals surface area contributed by atoms with Crippen LogP contribution in [0.1, 0.15) is 220 Å². The minimum atomic E-state index is -3.66. The molecule has 777 valence electrons. The van der Waals surface area contributed by atoms with E-state index in [1.807, 2.05) is 140 Å². The van der Waals surface area contributed by atoms with E-state index in [9.17, 15) is 17.2 Å². The molecule has 144 heavy (non-hydrogen) atoms. The summed E-state index contributed by atoms with van der Waals surface area (Å²) in [5.41, 5.74) is 38.9. The first-order valence-corrected chi connectivity index (χ1v) is 51.9. The molecule has 11 aromatic rings. The molecular formula is C101H141B2BrCl3F2N26O6S3. The molecule has 1 saturated heterocycles. The van der Waals surface area contributed by atoms with E-state index in [1.165, 1.54) is 94.6 Å². The normalized spacial score (nSPS) is 17.0. The van der Waals surface area contributed by atoms with Crippen LogP contribution in [-0.2, 0) is 57.0 Å². The summed E-state index contributed by atoms with van der Waals surface area (Å²) in [5, 5.41) is 7.74. The number of sulfone groups is 1. The first kappa shape index (κ1) is 126. The average Bonchev–Trinajstić information content (AvgIpc) is 1.64. The predicted molar refractivity (Wildman–Crippen MR) is 596 cm³/mol. The van der Waals surface area contributed by atoms with E-state index in [1.54, 1.807) is 67.2 Å². The standard InChI is InChI=1S/C27H33ClN6O2S.C21H30N6.C13H13FN4.C12H16BFN2O2.C8H18N2.C7H9BrN2.C7H10N2.C5H3Cl2NS.CH4.BHNS.2H2O/c1-4-25-20(7-8-22(32-25)18-37(35,36)26-17-29-14-13-24(26)28)6-5-19-15-30-27(31-16-19)33-21-9-11-23(12-10-21)34(2)3;1-4-19-16(7-12-20(22)26-19)6-5-15-13-23-21(24-14-15)25-17-8-10-18(11-9-17)27(2)3;1-2-11-10(5-6-12(15)18-11)4-3-9-7-16-13(14)17-8-9;1-11(2)12(3,4)18-13(17-11)6-5-9-7-15-10(14)16-8-9;1-10(2)8-5-3-7(9)4-6-8;1-2-6-5(8)3-4-7(9)10-6;1-2-6-4-3-5-7(8)9-6;6-4-1-2-8-3-5(4)9-7;;1-2-3;;/h5-8,13-17,21,23H,4,9-12,18H2,1-3H3,(H,30,31,33);5-7,12-14,17-18H,4,8-11H2,1-3H3,(H2,22,26)(H,23,24,25);3-8H,2H2,1H3,(H2,15,18);5-8H,1-4H3;7-8H,3-6,9H2,1-2H3;3-4H,2H2,1H3,(H2,9,10);3-5H,2H2,1H3,(H2,8,9);1-3H;1H4;3H;2*1H2/b2*6-5+;4-3+;6-5+;;;;;;;;. The third kappa shape index (κ3) is 44.1. The fourth-order valence-corrected chi connectivity index (χ4v) is 17.9. The van der Waals surface area contributed by atoms with Gasteiger partial charge in [0.15, 0.2) is 9.84 Å². The van der Waals surface area contributed by atoms with Gasteiger partial charge in [0.1, 0.15) is 28.2 Å². The Morgan fingerprint density at radius 1 is 0.493 bits per heavy atom. The van der Waals surface area contributed by atoms with E-state index in [4.69, 9.17) is 71.9 Å². The van der Waals surface area contributed by atoms with Crippen molar-refractivity contribution in [1.82, 2.24) is 89.5 Å². The molecule has 0 aromatic carbocycles. The predicted octanol–water partition coefficient (Wildman–Crippen LogP) is 19.2. The van der Waals surface area contributed by atoms with Crippen molar-refractivity contribution in [3.05, 3.63) is 259 Å². The summed E-state index contributed by atoms with van der Waals surface area (Å²) in [4.78, 5) is 68.7. The van der Waals surface area contributed by atoms with Crippen LogP contribution in [0.2, 0.25) is 10.0 Å².